The molecule has 0 aliphatic rings. The van der Waals surface area contributed by atoms with Crippen LogP contribution in [0.25, 0.3) is 32.4 Å². The summed E-state index contributed by atoms with van der Waals surface area (Å²) in [5.41, 5.74) is 24.3. The topological polar surface area (TPSA) is 273 Å². The van der Waals surface area contributed by atoms with Gasteiger partial charge < -0.3 is 43.0 Å². The number of hydrogen-bond donors (Lipinski definition) is 6. The summed E-state index contributed by atoms with van der Waals surface area (Å²) in [4.78, 5) is 99.2. The quantitative estimate of drug-likeness (QED) is 0.00951. The molecule has 0 saturated carbocycles. The molecule has 1 heterocycles. The summed E-state index contributed by atoms with van der Waals surface area (Å²) in [6.07, 6.45) is 5.44. The van der Waals surface area contributed by atoms with Gasteiger partial charge in [-0.05, 0) is 150 Å². The monoisotopic (exact) mass is 1470 g/mol. The first-order valence-electron chi connectivity index (χ1n) is 33.8. The maximum Gasteiger partial charge on any atom is 0.270 e. The number of carbonyl (C=O) groups is 6. The second kappa shape index (κ2) is 45.9. The standard InChI is InChI=1S/C28H33ClN4O2.C27H31ClN4O2.C25H27ClN4O2.3CH4/c1-33(2)24-14-13-21-17-23(12-11-22(21)18-24)28(35)32-25(9-6-16-31-27(30)19-29)26(34)15-10-20-7-4-3-5-8-20;1-32(2)23-13-12-20-16-22(11-10-21(20)17-23)27(34)31-24(9-6-14-30-26(29)18-28)25(33)15-19-7-4-3-5-8-19;26-17-24(27)28-16-6-11-21(23(31)15-12-18-7-2-1-3-8-18)30-25(32)22-14-13-19-9-4-5-10-20(19)29-22;;;/h3-5,7-8,11-14,17-18,25H,6,9-10,15-16,19H2,1-2H3,(H2,30,31)(H,32,35);3-5,7-8,10-13,16-17,24H,6,9,14-15,18H2,1-2H3,(H2,29,30)(H,31,34);1-5,7-10,13-14,21H,6,11-12,15-17H2,(H2,27,28)(H,30,32);3*1H4/t25-;24-;21-;;;/m000.../s1. The number of alkyl halides is 3. The number of halogens is 3. The lowest BCUT2D eigenvalue weighted by molar-refractivity contribution is -0.121. The third kappa shape index (κ3) is 28.7. The number of rotatable bonds is 34. The van der Waals surface area contributed by atoms with Crippen molar-refractivity contribution in [2.45, 2.75) is 111 Å². The Hall–Kier alpha value is -10.0. The predicted molar refractivity (Wildman–Crippen MR) is 436 cm³/mol. The zero-order valence-electron chi connectivity index (χ0n) is 57.8. The maximum absolute atomic E-state index is 13.1. The van der Waals surface area contributed by atoms with Crippen molar-refractivity contribution in [1.29, 1.82) is 0 Å². The molecule has 21 heteroatoms. The minimum Gasteiger partial charge on any atom is -0.386 e. The van der Waals surface area contributed by atoms with E-state index in [1.54, 1.807) is 18.2 Å². The number of Topliss-reactive ketones (excluding diaryl/α,β-unsaturated/α-hetero) is 3. The lowest BCUT2D eigenvalue weighted by atomic mass is 9.99. The average Bonchev–Trinajstić information content (AvgIpc) is 0.823. The van der Waals surface area contributed by atoms with Gasteiger partial charge in [0.1, 0.15) is 23.2 Å². The number of anilines is 2. The number of carbonyl (C=O) groups excluding carboxylic acids is 6. The van der Waals surface area contributed by atoms with Crippen molar-refractivity contribution in [3.8, 4) is 0 Å². The number of benzene rings is 8. The number of nitrogens with one attached hydrogen (secondary N) is 3. The molecule has 0 bridgehead atoms. The number of amides is 3. The van der Waals surface area contributed by atoms with Gasteiger partial charge in [-0.25, -0.2) is 4.98 Å². The van der Waals surface area contributed by atoms with Gasteiger partial charge >= 0.3 is 0 Å². The van der Waals surface area contributed by atoms with Crippen molar-refractivity contribution in [1.82, 2.24) is 20.9 Å². The van der Waals surface area contributed by atoms with Crippen molar-refractivity contribution < 1.29 is 28.8 Å². The lowest BCUT2D eigenvalue weighted by Crippen LogP contribution is -2.41. The molecule has 1 aromatic heterocycles. The maximum atomic E-state index is 13.1. The second-order valence-electron chi connectivity index (χ2n) is 24.7. The summed E-state index contributed by atoms with van der Waals surface area (Å²) in [6, 6.07) is 61.9. The number of amidine groups is 3. The van der Waals surface area contributed by atoms with Gasteiger partial charge in [0.25, 0.3) is 17.7 Å². The number of ketones is 3. The molecule has 3 amide bonds. The number of hydrogen-bond acceptors (Lipinski definition) is 12. The molecule has 0 aliphatic heterocycles. The third-order valence-corrected chi connectivity index (χ3v) is 17.5. The second-order valence-corrected chi connectivity index (χ2v) is 25.5. The first-order valence-corrected chi connectivity index (χ1v) is 35.4. The van der Waals surface area contributed by atoms with E-state index in [1.807, 2.05) is 208 Å². The number of aryl methyl sites for hydroxylation is 2. The number of fused-ring (bicyclic) bond motifs is 3. The number of nitrogens with two attached hydrogens (primary N) is 3. The zero-order valence-corrected chi connectivity index (χ0v) is 60.1. The molecule has 0 spiro atoms. The van der Waals surface area contributed by atoms with E-state index in [-0.39, 0.29) is 87.1 Å². The van der Waals surface area contributed by atoms with Crippen LogP contribution in [0.2, 0.25) is 0 Å². The number of para-hydroxylation sites is 1. The van der Waals surface area contributed by atoms with Gasteiger partial charge in [0.2, 0.25) is 0 Å². The van der Waals surface area contributed by atoms with E-state index in [0.29, 0.717) is 112 Å². The number of pyridine rings is 1. The molecule has 9 N–H and O–H groups in total. The molecule has 8 aromatic carbocycles. The minimum absolute atomic E-state index is 0. The van der Waals surface area contributed by atoms with Crippen molar-refractivity contribution in [3.05, 3.63) is 234 Å². The van der Waals surface area contributed by atoms with E-state index in [2.05, 4.69) is 48.0 Å². The summed E-state index contributed by atoms with van der Waals surface area (Å²) in [5, 5.41) is 13.8. The van der Waals surface area contributed by atoms with Gasteiger partial charge in [-0.2, -0.15) is 0 Å². The molecule has 9 aromatic rings. The molecule has 0 radical (unpaired) electrons. The Morgan fingerprint density at radius 1 is 0.404 bits per heavy atom. The Kier molecular flexibility index (Phi) is 38.1. The van der Waals surface area contributed by atoms with E-state index in [0.717, 1.165) is 60.5 Å². The van der Waals surface area contributed by atoms with E-state index in [4.69, 9.17) is 52.0 Å². The molecule has 0 saturated heterocycles. The lowest BCUT2D eigenvalue weighted by Gasteiger charge is -2.18. The van der Waals surface area contributed by atoms with E-state index in [9.17, 15) is 28.8 Å². The molecule has 0 unspecified atom stereocenters. The van der Waals surface area contributed by atoms with Crippen molar-refractivity contribution in [3.63, 3.8) is 0 Å². The first-order chi connectivity index (χ1) is 48.8. The predicted octanol–water partition coefficient (Wildman–Crippen LogP) is 14.6. The van der Waals surface area contributed by atoms with Gasteiger partial charge in [0.15, 0.2) is 17.3 Å². The molecule has 552 valence electrons. The molecule has 9 rings (SSSR count). The molecule has 104 heavy (non-hydrogen) atoms. The highest BCUT2D eigenvalue weighted by atomic mass is 35.5. The highest BCUT2D eigenvalue weighted by molar-refractivity contribution is 6.28. The minimum atomic E-state index is -0.619. The van der Waals surface area contributed by atoms with Crippen LogP contribution in [0.15, 0.2) is 215 Å². The molecular formula is C83H103Cl3N12O6. The van der Waals surface area contributed by atoms with E-state index in [1.165, 1.54) is 0 Å². The summed E-state index contributed by atoms with van der Waals surface area (Å²) in [5.74, 6) is 0.682. The van der Waals surface area contributed by atoms with Crippen LogP contribution in [-0.2, 0) is 33.6 Å². The van der Waals surface area contributed by atoms with Crippen molar-refractivity contribution in [2.75, 3.05) is 75.3 Å². The Morgan fingerprint density at radius 3 is 1.15 bits per heavy atom. The fourth-order valence-electron chi connectivity index (χ4n) is 10.9. The van der Waals surface area contributed by atoms with E-state index >= 15 is 0 Å². The fourth-order valence-corrected chi connectivity index (χ4v) is 11.2. The van der Waals surface area contributed by atoms with Crippen molar-refractivity contribution in [2.24, 2.45) is 32.2 Å². The average molecular weight is 1470 g/mol. The van der Waals surface area contributed by atoms with Crippen molar-refractivity contribution >= 4 is 131 Å². The molecule has 18 nitrogen and oxygen atoms in total. The van der Waals surface area contributed by atoms with Crippen LogP contribution in [0.3, 0.4) is 0 Å². The number of aliphatic imine (C=N–C) groups is 3. The summed E-state index contributed by atoms with van der Waals surface area (Å²) in [6.45, 7) is 1.36. The Labute approximate surface area is 629 Å². The van der Waals surface area contributed by atoms with Crippen LogP contribution < -0.4 is 43.0 Å². The normalized spacial score (nSPS) is 12.0. The summed E-state index contributed by atoms with van der Waals surface area (Å²) < 4.78 is 0. The van der Waals surface area contributed by atoms with Crippen LogP contribution in [0.4, 0.5) is 11.4 Å². The van der Waals surface area contributed by atoms with Gasteiger partial charge in [-0.15, -0.1) is 34.8 Å². The van der Waals surface area contributed by atoms with Crippen LogP contribution in [0.1, 0.15) is 122 Å². The Balaban J connectivity index is 0.000000326. The fraction of sp³-hybridized carbons (Fsp3) is 0.325. The van der Waals surface area contributed by atoms with Gasteiger partial charge in [-0.1, -0.05) is 162 Å². The van der Waals surface area contributed by atoms with Crippen LogP contribution in [-0.4, -0.2) is 141 Å². The molecule has 3 atom stereocenters. The first kappa shape index (κ1) is 86.4. The smallest absolute Gasteiger partial charge is 0.270 e. The van der Waals surface area contributed by atoms with Crippen LogP contribution >= 0.6 is 34.8 Å². The Morgan fingerprint density at radius 2 is 0.750 bits per heavy atom. The molecular weight excluding hydrogens is 1370 g/mol. The number of aromatic nitrogens is 1. The third-order valence-electron chi connectivity index (χ3n) is 16.7. The summed E-state index contributed by atoms with van der Waals surface area (Å²) >= 11 is 17.0. The van der Waals surface area contributed by atoms with E-state index < -0.39 is 18.1 Å². The van der Waals surface area contributed by atoms with Gasteiger partial charge in [0, 0.05) is 95.0 Å². The summed E-state index contributed by atoms with van der Waals surface area (Å²) in [7, 11) is 7.97. The van der Waals surface area contributed by atoms with Crippen LogP contribution in [0, 0.1) is 0 Å². The SMILES string of the molecule is C.C.C.CN(C)c1ccc2cc(C(=O)N[C@@H](CCCN=C(N)CCl)C(=O)CCc3ccccc3)ccc2c1.CN(C)c1ccc2cc(C(=O)N[C@@H](CCCN=C(N)CCl)C(=O)Cc3ccccc3)ccc2c1.NC(CCl)=NCCC[C@H](NC(=O)c1ccc2ccccc2n1)C(=O)CCc1ccccc1. The Bertz CT molecular complexity index is 4290. The largest absolute Gasteiger partial charge is 0.386 e. The molecule has 0 fully saturated rings. The number of nitrogens with zero attached hydrogens (tertiary/aromatic N) is 6. The van der Waals surface area contributed by atoms with Gasteiger partial charge in [-0.3, -0.25) is 43.7 Å². The highest BCUT2D eigenvalue weighted by Crippen LogP contribution is 2.25. The zero-order chi connectivity index (χ0) is 72.5. The molecule has 0 aliphatic carbocycles. The highest BCUT2D eigenvalue weighted by Gasteiger charge is 2.25. The van der Waals surface area contributed by atoms with Crippen LogP contribution in [0.5, 0.6) is 0 Å². The van der Waals surface area contributed by atoms with Gasteiger partial charge in [0.05, 0.1) is 41.3 Å².